The predicted octanol–water partition coefficient (Wildman–Crippen LogP) is -1.63. The molecular formula is C24H39N7O9. The van der Waals surface area contributed by atoms with Gasteiger partial charge in [0.1, 0.15) is 19.8 Å². The van der Waals surface area contributed by atoms with Crippen LogP contribution in [0.5, 0.6) is 0 Å². The summed E-state index contributed by atoms with van der Waals surface area (Å²) in [4.78, 5) is 70.6. The third kappa shape index (κ3) is 21.5. The molecule has 0 aromatic carbocycles. The summed E-state index contributed by atoms with van der Waals surface area (Å²) >= 11 is 0. The molecule has 0 spiro atoms. The van der Waals surface area contributed by atoms with E-state index < -0.39 is 36.0 Å². The number of rotatable bonds is 21. The zero-order valence-corrected chi connectivity index (χ0v) is 22.5. The molecule has 0 unspecified atom stereocenters. The first-order valence-corrected chi connectivity index (χ1v) is 12.4. The van der Waals surface area contributed by atoms with Gasteiger partial charge in [0, 0.05) is 57.5 Å². The van der Waals surface area contributed by atoms with Gasteiger partial charge in [-0.1, -0.05) is 19.7 Å². The summed E-state index contributed by atoms with van der Waals surface area (Å²) in [7, 11) is 0. The molecule has 0 atom stereocenters. The molecule has 0 rings (SSSR count). The van der Waals surface area contributed by atoms with Crippen molar-refractivity contribution in [1.29, 1.82) is 0 Å². The van der Waals surface area contributed by atoms with E-state index in [1.165, 1.54) is 0 Å². The molecule has 6 amide bonds. The van der Waals surface area contributed by atoms with Crippen LogP contribution >= 0.6 is 0 Å². The highest BCUT2D eigenvalue weighted by Crippen LogP contribution is 1.87. The standard InChI is InChI=1S/C24H39N7O9/c1-4-19(32)38-16-10-28-22(35)25-7-13-31(14-8-26-23(36)29-11-17-39-20(33)5-2)15-9-27-24(37)30-12-18-40-21(34)6-3/h4-6H,1-3,7-18H2,(H2,25,28,35)(H2,26,29,36)(H2,27,30,37). The van der Waals surface area contributed by atoms with Crippen LogP contribution in [0.15, 0.2) is 38.0 Å². The van der Waals surface area contributed by atoms with Crippen molar-refractivity contribution in [3.8, 4) is 0 Å². The highest BCUT2D eigenvalue weighted by atomic mass is 16.5. The maximum absolute atomic E-state index is 11.9. The van der Waals surface area contributed by atoms with Crippen LogP contribution < -0.4 is 31.9 Å². The summed E-state index contributed by atoms with van der Waals surface area (Å²) in [6.07, 6.45) is 3.06. The number of urea groups is 3. The molecule has 6 N–H and O–H groups in total. The lowest BCUT2D eigenvalue weighted by Gasteiger charge is -2.23. The molecule has 0 bridgehead atoms. The van der Waals surface area contributed by atoms with Crippen LogP contribution in [0.3, 0.4) is 0 Å². The van der Waals surface area contributed by atoms with Gasteiger partial charge < -0.3 is 46.1 Å². The second-order valence-electron chi connectivity index (χ2n) is 7.50. The highest BCUT2D eigenvalue weighted by Gasteiger charge is 2.09. The van der Waals surface area contributed by atoms with Crippen LogP contribution in [0.25, 0.3) is 0 Å². The number of carbonyl (C=O) groups excluding carboxylic acids is 6. The summed E-state index contributed by atoms with van der Waals surface area (Å²) in [5.41, 5.74) is 0. The number of nitrogens with one attached hydrogen (secondary N) is 6. The minimum absolute atomic E-state index is 0.000751. The van der Waals surface area contributed by atoms with E-state index in [0.29, 0.717) is 19.6 Å². The van der Waals surface area contributed by atoms with Gasteiger partial charge in [-0.3, -0.25) is 4.90 Å². The molecule has 0 aliphatic rings. The quantitative estimate of drug-likeness (QED) is 0.0403. The number of hydrogen-bond donors (Lipinski definition) is 6. The summed E-state index contributed by atoms with van der Waals surface area (Å²) in [5, 5.41) is 15.6. The first-order chi connectivity index (χ1) is 19.2. The molecule has 0 saturated heterocycles. The molecule has 16 nitrogen and oxygen atoms in total. The lowest BCUT2D eigenvalue weighted by Crippen LogP contribution is -2.47. The number of nitrogens with zero attached hydrogens (tertiary/aromatic N) is 1. The molecule has 40 heavy (non-hydrogen) atoms. The van der Waals surface area contributed by atoms with Crippen LogP contribution in [0, 0.1) is 0 Å². The Balaban J connectivity index is 4.45. The van der Waals surface area contributed by atoms with Crippen molar-refractivity contribution >= 4 is 36.0 Å². The molecule has 0 aliphatic carbocycles. The third-order valence-corrected chi connectivity index (χ3v) is 4.54. The fourth-order valence-corrected chi connectivity index (χ4v) is 2.63. The summed E-state index contributed by atoms with van der Waals surface area (Å²) in [6, 6.07) is -1.38. The smallest absolute Gasteiger partial charge is 0.330 e. The van der Waals surface area contributed by atoms with Crippen LogP contribution in [0.2, 0.25) is 0 Å². The minimum Gasteiger partial charge on any atom is -0.461 e. The van der Waals surface area contributed by atoms with E-state index in [4.69, 9.17) is 14.2 Å². The average molecular weight is 570 g/mol. The normalized spacial score (nSPS) is 9.82. The zero-order chi connectivity index (χ0) is 30.0. The van der Waals surface area contributed by atoms with Crippen molar-refractivity contribution in [3.05, 3.63) is 38.0 Å². The van der Waals surface area contributed by atoms with E-state index >= 15 is 0 Å². The van der Waals surface area contributed by atoms with E-state index in [1.807, 2.05) is 4.90 Å². The Morgan fingerprint density at radius 2 is 0.725 bits per heavy atom. The Morgan fingerprint density at radius 3 is 0.975 bits per heavy atom. The van der Waals surface area contributed by atoms with Gasteiger partial charge in [-0.25, -0.2) is 28.8 Å². The molecule has 16 heteroatoms. The fraction of sp³-hybridized carbons (Fsp3) is 0.500. The van der Waals surface area contributed by atoms with Crippen molar-refractivity contribution in [1.82, 2.24) is 36.8 Å². The Kier molecular flexibility index (Phi) is 20.8. The third-order valence-electron chi connectivity index (χ3n) is 4.54. The van der Waals surface area contributed by atoms with Gasteiger partial charge in [0.05, 0.1) is 19.6 Å². The highest BCUT2D eigenvalue weighted by molar-refractivity contribution is 5.82. The van der Waals surface area contributed by atoms with E-state index in [2.05, 4.69) is 51.6 Å². The maximum atomic E-state index is 11.9. The van der Waals surface area contributed by atoms with Crippen LogP contribution in [0.4, 0.5) is 14.4 Å². The van der Waals surface area contributed by atoms with E-state index in [0.717, 1.165) is 18.2 Å². The number of amides is 6. The van der Waals surface area contributed by atoms with Gasteiger partial charge in [-0.15, -0.1) is 0 Å². The van der Waals surface area contributed by atoms with Gasteiger partial charge >= 0.3 is 36.0 Å². The van der Waals surface area contributed by atoms with Crippen LogP contribution in [-0.4, -0.2) is 120 Å². The van der Waals surface area contributed by atoms with Crippen molar-refractivity contribution in [2.45, 2.75) is 0 Å². The van der Waals surface area contributed by atoms with Crippen molar-refractivity contribution < 1.29 is 43.0 Å². The molecule has 0 fully saturated rings. The van der Waals surface area contributed by atoms with Crippen LogP contribution in [-0.2, 0) is 28.6 Å². The lowest BCUT2D eigenvalue weighted by atomic mass is 10.4. The molecule has 0 aliphatic heterocycles. The monoisotopic (exact) mass is 569 g/mol. The molecule has 0 heterocycles. The number of ether oxygens (including phenoxy) is 3. The molecule has 0 radical (unpaired) electrons. The number of hydrogen-bond acceptors (Lipinski definition) is 10. The molecular weight excluding hydrogens is 530 g/mol. The van der Waals surface area contributed by atoms with Gasteiger partial charge in [-0.05, 0) is 0 Å². The maximum Gasteiger partial charge on any atom is 0.330 e. The topological polar surface area (TPSA) is 206 Å². The van der Waals surface area contributed by atoms with Gasteiger partial charge in [0.25, 0.3) is 0 Å². The second-order valence-corrected chi connectivity index (χ2v) is 7.50. The summed E-state index contributed by atoms with van der Waals surface area (Å²) in [5.74, 6) is -1.76. The van der Waals surface area contributed by atoms with Crippen molar-refractivity contribution in [2.75, 3.05) is 78.7 Å². The molecule has 0 aromatic rings. The molecule has 0 saturated carbocycles. The number of carbonyl (C=O) groups is 6. The van der Waals surface area contributed by atoms with Crippen molar-refractivity contribution in [3.63, 3.8) is 0 Å². The van der Waals surface area contributed by atoms with Crippen molar-refractivity contribution in [2.24, 2.45) is 0 Å². The van der Waals surface area contributed by atoms with E-state index in [1.54, 1.807) is 0 Å². The van der Waals surface area contributed by atoms with E-state index in [-0.39, 0.29) is 59.1 Å². The summed E-state index contributed by atoms with van der Waals surface area (Å²) < 4.78 is 14.3. The van der Waals surface area contributed by atoms with Gasteiger partial charge in [0.15, 0.2) is 0 Å². The number of esters is 3. The fourth-order valence-electron chi connectivity index (χ4n) is 2.63. The summed E-state index contributed by atoms with van der Waals surface area (Å²) in [6.45, 7) is 12.1. The predicted molar refractivity (Wildman–Crippen MR) is 144 cm³/mol. The average Bonchev–Trinajstić information content (AvgIpc) is 2.94. The second kappa shape index (κ2) is 23.5. The molecule has 224 valence electrons. The Labute approximate surface area is 232 Å². The first kappa shape index (κ1) is 35.4. The SMILES string of the molecule is C=CC(=O)OCCNC(=O)NCCN(CCNC(=O)NCCOC(=O)C=C)CCNC(=O)NCCOC(=O)C=C. The van der Waals surface area contributed by atoms with Gasteiger partial charge in [0.2, 0.25) is 0 Å². The van der Waals surface area contributed by atoms with E-state index in [9.17, 15) is 28.8 Å². The Hall–Kier alpha value is -4.60. The first-order valence-electron chi connectivity index (χ1n) is 12.4. The largest absolute Gasteiger partial charge is 0.461 e. The Bertz CT molecular complexity index is 758. The van der Waals surface area contributed by atoms with Gasteiger partial charge in [-0.2, -0.15) is 0 Å². The molecule has 0 aromatic heterocycles. The lowest BCUT2D eigenvalue weighted by molar-refractivity contribution is -0.138. The minimum atomic E-state index is -0.588. The zero-order valence-electron chi connectivity index (χ0n) is 22.5. The van der Waals surface area contributed by atoms with Crippen LogP contribution in [0.1, 0.15) is 0 Å². The Morgan fingerprint density at radius 1 is 0.475 bits per heavy atom.